The molecule has 1 fully saturated rings. The van der Waals surface area contributed by atoms with Gasteiger partial charge in [-0.15, -0.1) is 17.9 Å². The van der Waals surface area contributed by atoms with Gasteiger partial charge in [-0.3, -0.25) is 4.90 Å². The zero-order valence-corrected chi connectivity index (χ0v) is 11.9. The number of halogens is 1. The van der Waals surface area contributed by atoms with Crippen molar-refractivity contribution in [1.29, 1.82) is 0 Å². The third-order valence-corrected chi connectivity index (χ3v) is 5.14. The van der Waals surface area contributed by atoms with E-state index in [0.29, 0.717) is 6.04 Å². The maximum atomic E-state index is 3.98. The minimum absolute atomic E-state index is 0.372. The molecule has 1 aromatic rings. The molecule has 0 unspecified atom stereocenters. The van der Waals surface area contributed by atoms with Crippen LogP contribution < -0.4 is 5.32 Å². The Morgan fingerprint density at radius 3 is 2.75 bits per heavy atom. The van der Waals surface area contributed by atoms with Crippen LogP contribution in [0.2, 0.25) is 0 Å². The molecule has 1 aliphatic heterocycles. The number of hydrogen-bond acceptors (Lipinski definition) is 3. The lowest BCUT2D eigenvalue weighted by molar-refractivity contribution is 0.206. The molecule has 0 radical (unpaired) electrons. The highest BCUT2D eigenvalue weighted by Crippen LogP contribution is 2.34. The van der Waals surface area contributed by atoms with E-state index in [0.717, 1.165) is 26.2 Å². The Balaban J connectivity index is 2.17. The zero-order valence-electron chi connectivity index (χ0n) is 9.50. The SMILES string of the molecule is C=C[C@H](c1cc(C)c(Br)s1)N1CCNCC1. The maximum absolute atomic E-state index is 3.98. The van der Waals surface area contributed by atoms with E-state index in [1.165, 1.54) is 14.2 Å². The summed E-state index contributed by atoms with van der Waals surface area (Å²) in [5, 5.41) is 3.38. The molecule has 1 aromatic heterocycles. The van der Waals surface area contributed by atoms with Crippen LogP contribution in [-0.4, -0.2) is 31.1 Å². The van der Waals surface area contributed by atoms with Gasteiger partial charge < -0.3 is 5.32 Å². The van der Waals surface area contributed by atoms with Gasteiger partial charge in [0, 0.05) is 31.1 Å². The van der Waals surface area contributed by atoms with Crippen molar-refractivity contribution >= 4 is 27.3 Å². The predicted octanol–water partition coefficient (Wildman–Crippen LogP) is 2.95. The van der Waals surface area contributed by atoms with E-state index in [9.17, 15) is 0 Å². The average molecular weight is 301 g/mol. The molecule has 2 heterocycles. The molecule has 4 heteroatoms. The highest BCUT2D eigenvalue weighted by Gasteiger charge is 2.21. The molecule has 0 saturated carbocycles. The second-order valence-electron chi connectivity index (χ2n) is 4.07. The van der Waals surface area contributed by atoms with Gasteiger partial charge in [0.15, 0.2) is 0 Å². The van der Waals surface area contributed by atoms with Crippen molar-refractivity contribution in [3.05, 3.63) is 32.9 Å². The van der Waals surface area contributed by atoms with Crippen molar-refractivity contribution in [2.75, 3.05) is 26.2 Å². The van der Waals surface area contributed by atoms with Crippen molar-refractivity contribution in [3.8, 4) is 0 Å². The monoisotopic (exact) mass is 300 g/mol. The Bertz CT molecular complexity index is 350. The van der Waals surface area contributed by atoms with E-state index < -0.39 is 0 Å². The largest absolute Gasteiger partial charge is 0.314 e. The summed E-state index contributed by atoms with van der Waals surface area (Å²) in [4.78, 5) is 3.88. The summed E-state index contributed by atoms with van der Waals surface area (Å²) in [5.41, 5.74) is 1.32. The molecule has 0 aromatic carbocycles. The highest BCUT2D eigenvalue weighted by atomic mass is 79.9. The van der Waals surface area contributed by atoms with Crippen LogP contribution in [0.3, 0.4) is 0 Å². The minimum Gasteiger partial charge on any atom is -0.314 e. The van der Waals surface area contributed by atoms with Crippen LogP contribution in [0.5, 0.6) is 0 Å². The Morgan fingerprint density at radius 1 is 1.56 bits per heavy atom. The van der Waals surface area contributed by atoms with Gasteiger partial charge in [-0.2, -0.15) is 0 Å². The predicted molar refractivity (Wildman–Crippen MR) is 74.1 cm³/mol. The first-order valence-electron chi connectivity index (χ1n) is 5.55. The first kappa shape index (κ1) is 12.3. The van der Waals surface area contributed by atoms with Crippen molar-refractivity contribution in [2.45, 2.75) is 13.0 Å². The fourth-order valence-electron chi connectivity index (χ4n) is 2.03. The van der Waals surface area contributed by atoms with Crippen molar-refractivity contribution in [2.24, 2.45) is 0 Å². The van der Waals surface area contributed by atoms with Gasteiger partial charge in [-0.25, -0.2) is 0 Å². The first-order valence-corrected chi connectivity index (χ1v) is 7.16. The van der Waals surface area contributed by atoms with Crippen LogP contribution in [0.15, 0.2) is 22.5 Å². The van der Waals surface area contributed by atoms with Crippen LogP contribution in [-0.2, 0) is 0 Å². The summed E-state index contributed by atoms with van der Waals surface area (Å²) in [5.74, 6) is 0. The molecular weight excluding hydrogens is 284 g/mol. The molecule has 88 valence electrons. The van der Waals surface area contributed by atoms with Gasteiger partial charge in [-0.05, 0) is 34.5 Å². The minimum atomic E-state index is 0.372. The molecule has 0 spiro atoms. The van der Waals surface area contributed by atoms with E-state index in [1.807, 2.05) is 11.3 Å². The smallest absolute Gasteiger partial charge is 0.0731 e. The van der Waals surface area contributed by atoms with Crippen LogP contribution in [0.25, 0.3) is 0 Å². The molecule has 1 N–H and O–H groups in total. The van der Waals surface area contributed by atoms with Crippen molar-refractivity contribution in [3.63, 3.8) is 0 Å². The zero-order chi connectivity index (χ0) is 11.5. The Morgan fingerprint density at radius 2 is 2.25 bits per heavy atom. The van der Waals surface area contributed by atoms with Gasteiger partial charge in [0.05, 0.1) is 9.83 Å². The number of piperazine rings is 1. The van der Waals surface area contributed by atoms with Gasteiger partial charge >= 0.3 is 0 Å². The Labute approximate surface area is 109 Å². The summed E-state index contributed by atoms with van der Waals surface area (Å²) in [7, 11) is 0. The molecule has 1 atom stereocenters. The highest BCUT2D eigenvalue weighted by molar-refractivity contribution is 9.11. The standard InChI is InChI=1S/C12H17BrN2S/c1-3-10(15-6-4-14-5-7-15)11-8-9(2)12(13)16-11/h3,8,10,14H,1,4-7H2,2H3/t10-/m1/s1. The molecule has 2 nitrogen and oxygen atoms in total. The fourth-order valence-corrected chi connectivity index (χ4v) is 3.74. The Hall–Kier alpha value is -0.160. The average Bonchev–Trinajstić information content (AvgIpc) is 2.61. The summed E-state index contributed by atoms with van der Waals surface area (Å²) in [6, 6.07) is 2.64. The van der Waals surface area contributed by atoms with Crippen LogP contribution in [0.4, 0.5) is 0 Å². The molecule has 2 rings (SSSR count). The summed E-state index contributed by atoms with van der Waals surface area (Å²) >= 11 is 5.41. The molecule has 16 heavy (non-hydrogen) atoms. The summed E-state index contributed by atoms with van der Waals surface area (Å²) < 4.78 is 1.24. The van der Waals surface area contributed by atoms with Crippen LogP contribution in [0, 0.1) is 6.92 Å². The van der Waals surface area contributed by atoms with Crippen molar-refractivity contribution in [1.82, 2.24) is 10.2 Å². The van der Waals surface area contributed by atoms with Gasteiger partial charge in [0.2, 0.25) is 0 Å². The molecule has 0 bridgehead atoms. The summed E-state index contributed by atoms with van der Waals surface area (Å²) in [6.07, 6.45) is 2.06. The topological polar surface area (TPSA) is 15.3 Å². The molecule has 0 aliphatic carbocycles. The first-order chi connectivity index (χ1) is 7.72. The lowest BCUT2D eigenvalue weighted by Crippen LogP contribution is -2.44. The quantitative estimate of drug-likeness (QED) is 0.864. The lowest BCUT2D eigenvalue weighted by atomic mass is 10.1. The third-order valence-electron chi connectivity index (χ3n) is 2.94. The molecule has 1 saturated heterocycles. The van der Waals surface area contributed by atoms with Gasteiger partial charge in [0.25, 0.3) is 0 Å². The van der Waals surface area contributed by atoms with Crippen LogP contribution >= 0.6 is 27.3 Å². The number of aryl methyl sites for hydroxylation is 1. The molecule has 1 aliphatic rings. The molecular formula is C12H17BrN2S. The van der Waals surface area contributed by atoms with Crippen LogP contribution in [0.1, 0.15) is 16.5 Å². The van der Waals surface area contributed by atoms with E-state index in [4.69, 9.17) is 0 Å². The summed E-state index contributed by atoms with van der Waals surface area (Å²) in [6.45, 7) is 10.5. The van der Waals surface area contributed by atoms with E-state index in [1.54, 1.807) is 0 Å². The van der Waals surface area contributed by atoms with E-state index in [2.05, 4.69) is 51.8 Å². The molecule has 0 amide bonds. The van der Waals surface area contributed by atoms with E-state index in [-0.39, 0.29) is 0 Å². The third kappa shape index (κ3) is 2.56. The van der Waals surface area contributed by atoms with Gasteiger partial charge in [-0.1, -0.05) is 6.08 Å². The van der Waals surface area contributed by atoms with E-state index >= 15 is 0 Å². The number of hydrogen-bond donors (Lipinski definition) is 1. The number of nitrogens with one attached hydrogen (secondary N) is 1. The maximum Gasteiger partial charge on any atom is 0.0731 e. The fraction of sp³-hybridized carbons (Fsp3) is 0.500. The number of nitrogens with zero attached hydrogens (tertiary/aromatic N) is 1. The second kappa shape index (κ2) is 5.45. The lowest BCUT2D eigenvalue weighted by Gasteiger charge is -2.32. The Kier molecular flexibility index (Phi) is 4.19. The van der Waals surface area contributed by atoms with Crippen molar-refractivity contribution < 1.29 is 0 Å². The normalized spacial score (nSPS) is 19.6. The number of rotatable bonds is 3. The second-order valence-corrected chi connectivity index (χ2v) is 6.47. The number of thiophene rings is 1. The van der Waals surface area contributed by atoms with Gasteiger partial charge in [0.1, 0.15) is 0 Å².